The van der Waals surface area contributed by atoms with Crippen molar-refractivity contribution in [1.29, 1.82) is 0 Å². The molecule has 23 heavy (non-hydrogen) atoms. The summed E-state index contributed by atoms with van der Waals surface area (Å²) >= 11 is 0. The molecule has 1 N–H and O–H groups in total. The first kappa shape index (κ1) is 17.0. The predicted octanol–water partition coefficient (Wildman–Crippen LogP) is 5.82. The molecule has 2 rings (SSSR count). The fourth-order valence-electron chi connectivity index (χ4n) is 2.62. The Kier molecular flexibility index (Phi) is 6.16. The van der Waals surface area contributed by atoms with E-state index in [0.29, 0.717) is 5.56 Å². The topological polar surface area (TPSA) is 37.3 Å². The third kappa shape index (κ3) is 4.56. The van der Waals surface area contributed by atoms with E-state index in [-0.39, 0.29) is 0 Å². The number of aryl methyl sites for hydroxylation is 1. The SMILES string of the molecule is CCC/C=C/c1ccc(-c2cc(CCC)ccc2C(=O)O)cc1. The summed E-state index contributed by atoms with van der Waals surface area (Å²) in [6.45, 7) is 4.28. The summed E-state index contributed by atoms with van der Waals surface area (Å²) in [6.07, 6.45) is 8.50. The van der Waals surface area contributed by atoms with Crippen LogP contribution in [-0.4, -0.2) is 11.1 Å². The molecule has 0 saturated carbocycles. The minimum Gasteiger partial charge on any atom is -0.478 e. The van der Waals surface area contributed by atoms with Crippen molar-refractivity contribution in [2.45, 2.75) is 39.5 Å². The second-order valence-electron chi connectivity index (χ2n) is 5.75. The Morgan fingerprint density at radius 3 is 2.39 bits per heavy atom. The molecule has 0 aliphatic carbocycles. The summed E-state index contributed by atoms with van der Waals surface area (Å²) in [6, 6.07) is 13.7. The van der Waals surface area contributed by atoms with Gasteiger partial charge in [-0.2, -0.15) is 0 Å². The maximum absolute atomic E-state index is 11.5. The van der Waals surface area contributed by atoms with Gasteiger partial charge in [-0.3, -0.25) is 0 Å². The summed E-state index contributed by atoms with van der Waals surface area (Å²) < 4.78 is 0. The van der Waals surface area contributed by atoms with Crippen LogP contribution in [0.15, 0.2) is 48.5 Å². The standard InChI is InChI=1S/C21H24O2/c1-3-5-6-8-16-9-12-18(13-10-16)20-15-17(7-4-2)11-14-19(20)21(22)23/h6,8-15H,3-5,7H2,1-2H3,(H,22,23)/b8-6+. The van der Waals surface area contributed by atoms with Gasteiger partial charge < -0.3 is 5.11 Å². The number of aromatic carboxylic acids is 1. The van der Waals surface area contributed by atoms with E-state index in [4.69, 9.17) is 0 Å². The summed E-state index contributed by atoms with van der Waals surface area (Å²) in [5, 5.41) is 9.43. The highest BCUT2D eigenvalue weighted by Crippen LogP contribution is 2.26. The van der Waals surface area contributed by atoms with Crippen molar-refractivity contribution >= 4 is 12.0 Å². The molecule has 2 aromatic carbocycles. The van der Waals surface area contributed by atoms with Gasteiger partial charge >= 0.3 is 5.97 Å². The molecule has 0 heterocycles. The van der Waals surface area contributed by atoms with Crippen molar-refractivity contribution in [3.63, 3.8) is 0 Å². The first-order valence-corrected chi connectivity index (χ1v) is 8.29. The van der Waals surface area contributed by atoms with Gasteiger partial charge in [-0.1, -0.05) is 75.2 Å². The molecule has 2 aromatic rings. The van der Waals surface area contributed by atoms with E-state index >= 15 is 0 Å². The lowest BCUT2D eigenvalue weighted by molar-refractivity contribution is 0.0697. The van der Waals surface area contributed by atoms with Crippen LogP contribution in [0.1, 0.15) is 54.6 Å². The minimum atomic E-state index is -0.880. The molecule has 120 valence electrons. The first-order valence-electron chi connectivity index (χ1n) is 8.29. The van der Waals surface area contributed by atoms with Crippen molar-refractivity contribution in [3.8, 4) is 11.1 Å². The normalized spacial score (nSPS) is 11.0. The molecular formula is C21H24O2. The zero-order valence-electron chi connectivity index (χ0n) is 13.9. The van der Waals surface area contributed by atoms with E-state index < -0.39 is 5.97 Å². The Morgan fingerprint density at radius 2 is 1.78 bits per heavy atom. The largest absolute Gasteiger partial charge is 0.478 e. The van der Waals surface area contributed by atoms with Gasteiger partial charge in [0.2, 0.25) is 0 Å². The quantitative estimate of drug-likeness (QED) is 0.700. The van der Waals surface area contributed by atoms with Gasteiger partial charge in [-0.15, -0.1) is 0 Å². The number of hydrogen-bond acceptors (Lipinski definition) is 1. The molecule has 0 amide bonds. The van der Waals surface area contributed by atoms with Crippen LogP contribution < -0.4 is 0 Å². The molecule has 0 aliphatic rings. The molecule has 0 unspecified atom stereocenters. The van der Waals surface area contributed by atoms with Crippen molar-refractivity contribution < 1.29 is 9.90 Å². The van der Waals surface area contributed by atoms with Gasteiger partial charge in [0.05, 0.1) is 5.56 Å². The number of unbranched alkanes of at least 4 members (excludes halogenated alkanes) is 1. The number of carboxylic acids is 1. The maximum Gasteiger partial charge on any atom is 0.336 e. The van der Waals surface area contributed by atoms with Crippen molar-refractivity contribution in [2.75, 3.05) is 0 Å². The van der Waals surface area contributed by atoms with Gasteiger partial charge in [-0.05, 0) is 41.2 Å². The van der Waals surface area contributed by atoms with Crippen LogP contribution in [0.4, 0.5) is 0 Å². The van der Waals surface area contributed by atoms with Crippen LogP contribution in [0.5, 0.6) is 0 Å². The lowest BCUT2D eigenvalue weighted by Crippen LogP contribution is -2.00. The van der Waals surface area contributed by atoms with Crippen molar-refractivity contribution in [3.05, 3.63) is 65.2 Å². The number of rotatable bonds is 7. The van der Waals surface area contributed by atoms with E-state index in [1.807, 2.05) is 36.4 Å². The highest BCUT2D eigenvalue weighted by atomic mass is 16.4. The monoisotopic (exact) mass is 308 g/mol. The summed E-state index contributed by atoms with van der Waals surface area (Å²) in [5.41, 5.74) is 4.43. The molecule has 0 saturated heterocycles. The van der Waals surface area contributed by atoms with Gasteiger partial charge in [0.25, 0.3) is 0 Å². The average Bonchev–Trinajstić information content (AvgIpc) is 2.56. The third-order valence-electron chi connectivity index (χ3n) is 3.84. The third-order valence-corrected chi connectivity index (χ3v) is 3.84. The molecular weight excluding hydrogens is 284 g/mol. The fraction of sp³-hybridized carbons (Fsp3) is 0.286. The number of carbonyl (C=O) groups is 1. The van der Waals surface area contributed by atoms with Crippen LogP contribution in [0, 0.1) is 0 Å². The first-order chi connectivity index (χ1) is 11.2. The lowest BCUT2D eigenvalue weighted by atomic mass is 9.95. The molecule has 0 aliphatic heterocycles. The minimum absolute atomic E-state index is 0.360. The highest BCUT2D eigenvalue weighted by Gasteiger charge is 2.12. The van der Waals surface area contributed by atoms with E-state index in [9.17, 15) is 9.90 Å². The second-order valence-corrected chi connectivity index (χ2v) is 5.75. The van der Waals surface area contributed by atoms with Gasteiger partial charge in [0, 0.05) is 0 Å². The number of hydrogen-bond donors (Lipinski definition) is 1. The molecule has 0 bridgehead atoms. The van der Waals surface area contributed by atoms with Crippen molar-refractivity contribution in [2.24, 2.45) is 0 Å². The Labute approximate surface area is 138 Å². The smallest absolute Gasteiger partial charge is 0.336 e. The van der Waals surface area contributed by atoms with Crippen LogP contribution in [0.25, 0.3) is 17.2 Å². The lowest BCUT2D eigenvalue weighted by Gasteiger charge is -2.09. The number of allylic oxidation sites excluding steroid dienone is 1. The van der Waals surface area contributed by atoms with Gasteiger partial charge in [-0.25, -0.2) is 4.79 Å². The van der Waals surface area contributed by atoms with Gasteiger partial charge in [0.1, 0.15) is 0 Å². The van der Waals surface area contributed by atoms with E-state index in [0.717, 1.165) is 42.4 Å². The molecule has 0 spiro atoms. The predicted molar refractivity (Wildman–Crippen MR) is 96.8 cm³/mol. The second kappa shape index (κ2) is 8.33. The molecule has 0 fully saturated rings. The Balaban J connectivity index is 2.35. The van der Waals surface area contributed by atoms with Crippen LogP contribution in [-0.2, 0) is 6.42 Å². The molecule has 0 radical (unpaired) electrons. The Morgan fingerprint density at radius 1 is 1.04 bits per heavy atom. The average molecular weight is 308 g/mol. The maximum atomic E-state index is 11.5. The van der Waals surface area contributed by atoms with Crippen LogP contribution in [0.3, 0.4) is 0 Å². The Hall–Kier alpha value is -2.35. The number of benzene rings is 2. The van der Waals surface area contributed by atoms with Crippen LogP contribution >= 0.6 is 0 Å². The zero-order chi connectivity index (χ0) is 16.7. The Bertz CT molecular complexity index is 681. The zero-order valence-corrected chi connectivity index (χ0v) is 13.9. The van der Waals surface area contributed by atoms with E-state index in [2.05, 4.69) is 26.0 Å². The van der Waals surface area contributed by atoms with E-state index in [1.165, 1.54) is 5.56 Å². The number of carboxylic acid groups (broad SMARTS) is 1. The fourth-order valence-corrected chi connectivity index (χ4v) is 2.62. The van der Waals surface area contributed by atoms with E-state index in [1.54, 1.807) is 6.07 Å². The highest BCUT2D eigenvalue weighted by molar-refractivity contribution is 5.96. The summed E-state index contributed by atoms with van der Waals surface area (Å²) in [7, 11) is 0. The molecule has 2 nitrogen and oxygen atoms in total. The molecule has 0 aromatic heterocycles. The summed E-state index contributed by atoms with van der Waals surface area (Å²) in [5.74, 6) is -0.880. The molecule has 0 atom stereocenters. The summed E-state index contributed by atoms with van der Waals surface area (Å²) in [4.78, 5) is 11.5. The van der Waals surface area contributed by atoms with Crippen molar-refractivity contribution in [1.82, 2.24) is 0 Å². The molecule has 2 heteroatoms. The van der Waals surface area contributed by atoms with Crippen LogP contribution in [0.2, 0.25) is 0 Å². The van der Waals surface area contributed by atoms with Gasteiger partial charge in [0.15, 0.2) is 0 Å².